The van der Waals surface area contributed by atoms with Crippen LogP contribution in [0.15, 0.2) is 4.99 Å². The zero-order chi connectivity index (χ0) is 23.3. The van der Waals surface area contributed by atoms with Gasteiger partial charge in [-0.1, -0.05) is 0 Å². The first kappa shape index (κ1) is 26.5. The van der Waals surface area contributed by atoms with E-state index in [4.69, 9.17) is 22.3 Å². The van der Waals surface area contributed by atoms with Crippen LogP contribution in [0.25, 0.3) is 0 Å². The van der Waals surface area contributed by atoms with Gasteiger partial charge in [0.15, 0.2) is 5.96 Å². The minimum atomic E-state index is -1.59. The highest BCUT2D eigenvalue weighted by atomic mass is 16.4. The summed E-state index contributed by atoms with van der Waals surface area (Å²) in [6.45, 7) is -1.30. The Morgan fingerprint density at radius 3 is 1.93 bits per heavy atom. The van der Waals surface area contributed by atoms with Crippen LogP contribution >= 0.6 is 0 Å². The van der Waals surface area contributed by atoms with Crippen LogP contribution in [0.5, 0.6) is 0 Å². The molecule has 0 aromatic heterocycles. The minimum absolute atomic E-state index is 0.0435. The molecule has 0 aromatic carbocycles. The number of hydrogen-bond donors (Lipinski definition) is 9. The number of hydrogen-bond acceptors (Lipinski definition) is 8. The van der Waals surface area contributed by atoms with E-state index in [2.05, 4.69) is 20.9 Å². The summed E-state index contributed by atoms with van der Waals surface area (Å²) in [6.07, 6.45) is -0.630. The molecule has 15 heteroatoms. The van der Waals surface area contributed by atoms with Gasteiger partial charge in [-0.2, -0.15) is 0 Å². The maximum atomic E-state index is 12.2. The molecule has 0 bridgehead atoms. The van der Waals surface area contributed by atoms with Gasteiger partial charge in [-0.3, -0.25) is 24.2 Å². The molecule has 0 aliphatic carbocycles. The van der Waals surface area contributed by atoms with Crippen molar-refractivity contribution in [3.63, 3.8) is 0 Å². The van der Waals surface area contributed by atoms with Crippen molar-refractivity contribution >= 4 is 35.6 Å². The number of carbonyl (C=O) groups excluding carboxylic acids is 3. The molecule has 170 valence electrons. The standard InChI is InChI=1S/C15H27N7O8/c16-5-10(24)20-8(4-11(25)26)12(27)22-9(6-23)13(28)21-7(14(29)30)2-1-3-19-15(17)18/h7-9,23H,1-6,16H2,(H,20,24)(H,21,28)(H,22,27)(H,25,26)(H,29,30)(H4,17,18,19). The van der Waals surface area contributed by atoms with E-state index in [1.165, 1.54) is 0 Å². The van der Waals surface area contributed by atoms with E-state index >= 15 is 0 Å². The number of carboxylic acids is 2. The Hall–Kier alpha value is -3.46. The van der Waals surface area contributed by atoms with Gasteiger partial charge in [-0.25, -0.2) is 4.79 Å². The molecule has 3 amide bonds. The number of nitrogens with one attached hydrogen (secondary N) is 3. The number of aliphatic hydroxyl groups excluding tert-OH is 1. The average molecular weight is 433 g/mol. The Morgan fingerprint density at radius 1 is 0.900 bits per heavy atom. The zero-order valence-electron chi connectivity index (χ0n) is 16.0. The number of amides is 3. The number of aliphatic imine (C=N–C) groups is 1. The van der Waals surface area contributed by atoms with Crippen LogP contribution < -0.4 is 33.2 Å². The molecule has 0 heterocycles. The first-order valence-electron chi connectivity index (χ1n) is 8.72. The van der Waals surface area contributed by atoms with Gasteiger partial charge in [0.05, 0.1) is 19.6 Å². The highest BCUT2D eigenvalue weighted by Gasteiger charge is 2.30. The number of guanidine groups is 1. The van der Waals surface area contributed by atoms with E-state index in [0.717, 1.165) is 0 Å². The summed E-state index contributed by atoms with van der Waals surface area (Å²) in [7, 11) is 0. The molecule has 3 unspecified atom stereocenters. The fraction of sp³-hybridized carbons (Fsp3) is 0.600. The van der Waals surface area contributed by atoms with E-state index in [1.807, 2.05) is 0 Å². The van der Waals surface area contributed by atoms with E-state index < -0.39 is 67.4 Å². The van der Waals surface area contributed by atoms with Crippen molar-refractivity contribution in [3.8, 4) is 0 Å². The lowest BCUT2D eigenvalue weighted by Crippen LogP contribution is -2.57. The second-order valence-electron chi connectivity index (χ2n) is 6.01. The summed E-state index contributed by atoms with van der Waals surface area (Å²) in [4.78, 5) is 61.7. The molecule has 0 spiro atoms. The monoisotopic (exact) mass is 433 g/mol. The SMILES string of the molecule is NCC(=O)NC(CC(=O)O)C(=O)NC(CO)C(=O)NC(CCCN=C(N)N)C(=O)O. The van der Waals surface area contributed by atoms with Crippen molar-refractivity contribution in [1.82, 2.24) is 16.0 Å². The number of aliphatic hydroxyl groups is 1. The van der Waals surface area contributed by atoms with Gasteiger partial charge >= 0.3 is 11.9 Å². The highest BCUT2D eigenvalue weighted by molar-refractivity contribution is 5.95. The smallest absolute Gasteiger partial charge is 0.326 e. The topological polar surface area (TPSA) is 273 Å². The fourth-order valence-corrected chi connectivity index (χ4v) is 2.14. The Kier molecular flexibility index (Phi) is 12.1. The number of nitrogens with two attached hydrogens (primary N) is 3. The fourth-order valence-electron chi connectivity index (χ4n) is 2.14. The molecular formula is C15H27N7O8. The zero-order valence-corrected chi connectivity index (χ0v) is 16.0. The molecule has 0 fully saturated rings. The third-order valence-corrected chi connectivity index (χ3v) is 3.59. The second kappa shape index (κ2) is 13.7. The molecule has 0 aliphatic heterocycles. The Morgan fingerprint density at radius 2 is 1.47 bits per heavy atom. The van der Waals surface area contributed by atoms with Crippen LogP contribution in [0.2, 0.25) is 0 Å². The van der Waals surface area contributed by atoms with Crippen molar-refractivity contribution in [2.75, 3.05) is 19.7 Å². The number of nitrogens with zero attached hydrogens (tertiary/aromatic N) is 1. The molecule has 0 saturated heterocycles. The molecular weight excluding hydrogens is 406 g/mol. The van der Waals surface area contributed by atoms with Gasteiger partial charge in [0, 0.05) is 6.54 Å². The van der Waals surface area contributed by atoms with Crippen LogP contribution in [0.3, 0.4) is 0 Å². The van der Waals surface area contributed by atoms with Crippen LogP contribution in [0.1, 0.15) is 19.3 Å². The molecule has 12 N–H and O–H groups in total. The van der Waals surface area contributed by atoms with E-state index in [1.54, 1.807) is 0 Å². The van der Waals surface area contributed by atoms with Gasteiger partial charge in [0.2, 0.25) is 17.7 Å². The predicted molar refractivity (Wildman–Crippen MR) is 102 cm³/mol. The quantitative estimate of drug-likeness (QED) is 0.0710. The molecule has 3 atom stereocenters. The first-order valence-corrected chi connectivity index (χ1v) is 8.72. The van der Waals surface area contributed by atoms with Crippen LogP contribution in [0.4, 0.5) is 0 Å². The number of rotatable bonds is 14. The van der Waals surface area contributed by atoms with E-state index in [9.17, 15) is 34.2 Å². The third kappa shape index (κ3) is 10.8. The third-order valence-electron chi connectivity index (χ3n) is 3.59. The maximum Gasteiger partial charge on any atom is 0.326 e. The normalized spacial score (nSPS) is 13.3. The van der Waals surface area contributed by atoms with Crippen molar-refractivity contribution in [3.05, 3.63) is 0 Å². The van der Waals surface area contributed by atoms with Crippen molar-refractivity contribution in [2.24, 2.45) is 22.2 Å². The molecule has 0 saturated carbocycles. The largest absolute Gasteiger partial charge is 0.481 e. The van der Waals surface area contributed by atoms with Crippen LogP contribution in [-0.4, -0.2) is 88.8 Å². The number of aliphatic carboxylic acids is 2. The van der Waals surface area contributed by atoms with Crippen LogP contribution in [-0.2, 0) is 24.0 Å². The van der Waals surface area contributed by atoms with Gasteiger partial charge in [0.1, 0.15) is 18.1 Å². The van der Waals surface area contributed by atoms with E-state index in [-0.39, 0.29) is 25.3 Å². The molecule has 30 heavy (non-hydrogen) atoms. The predicted octanol–water partition coefficient (Wildman–Crippen LogP) is -5.00. The Bertz CT molecular complexity index is 665. The molecule has 0 rings (SSSR count). The lowest BCUT2D eigenvalue weighted by atomic mass is 10.1. The summed E-state index contributed by atoms with van der Waals surface area (Å²) in [5.41, 5.74) is 15.4. The minimum Gasteiger partial charge on any atom is -0.481 e. The summed E-state index contributed by atoms with van der Waals surface area (Å²) in [5, 5.41) is 33.7. The summed E-state index contributed by atoms with van der Waals surface area (Å²) >= 11 is 0. The molecule has 0 radical (unpaired) electrons. The first-order chi connectivity index (χ1) is 14.0. The summed E-state index contributed by atoms with van der Waals surface area (Å²) in [5.74, 6) is -5.87. The molecule has 0 aromatic rings. The second-order valence-corrected chi connectivity index (χ2v) is 6.01. The van der Waals surface area contributed by atoms with Crippen LogP contribution in [0, 0.1) is 0 Å². The van der Waals surface area contributed by atoms with E-state index in [0.29, 0.717) is 0 Å². The van der Waals surface area contributed by atoms with Crippen molar-refractivity contribution in [1.29, 1.82) is 0 Å². The Labute approximate surface area is 171 Å². The van der Waals surface area contributed by atoms with Crippen molar-refractivity contribution < 1.29 is 39.3 Å². The van der Waals surface area contributed by atoms with Crippen molar-refractivity contribution in [2.45, 2.75) is 37.4 Å². The average Bonchev–Trinajstić information content (AvgIpc) is 2.66. The molecule has 15 nitrogen and oxygen atoms in total. The Balaban J connectivity index is 5.04. The van der Waals surface area contributed by atoms with Gasteiger partial charge in [0.25, 0.3) is 0 Å². The molecule has 0 aliphatic rings. The lowest BCUT2D eigenvalue weighted by molar-refractivity contribution is -0.143. The summed E-state index contributed by atoms with van der Waals surface area (Å²) in [6, 6.07) is -4.51. The summed E-state index contributed by atoms with van der Waals surface area (Å²) < 4.78 is 0. The van der Waals surface area contributed by atoms with Gasteiger partial charge in [-0.15, -0.1) is 0 Å². The highest BCUT2D eigenvalue weighted by Crippen LogP contribution is 2.01. The maximum absolute atomic E-state index is 12.2. The lowest BCUT2D eigenvalue weighted by Gasteiger charge is -2.22. The number of carboxylic acid groups (broad SMARTS) is 2. The van der Waals surface area contributed by atoms with Gasteiger partial charge < -0.3 is 48.5 Å². The number of carbonyl (C=O) groups is 5. The van der Waals surface area contributed by atoms with Gasteiger partial charge in [-0.05, 0) is 12.8 Å².